The van der Waals surface area contributed by atoms with Crippen molar-refractivity contribution in [3.05, 3.63) is 42.5 Å². The first-order chi connectivity index (χ1) is 6.83. The van der Waals surface area contributed by atoms with Crippen LogP contribution in [0.15, 0.2) is 47.4 Å². The van der Waals surface area contributed by atoms with E-state index in [4.69, 9.17) is 5.11 Å². The van der Waals surface area contributed by atoms with Gasteiger partial charge in [-0.3, -0.25) is 4.79 Å². The normalized spacial score (nSPS) is 10.6. The number of benzene rings is 1. The van der Waals surface area contributed by atoms with Crippen LogP contribution in [0.1, 0.15) is 6.42 Å². The van der Waals surface area contributed by atoms with Crippen LogP contribution in [0.5, 0.6) is 0 Å². The summed E-state index contributed by atoms with van der Waals surface area (Å²) in [4.78, 5) is 12.2. The summed E-state index contributed by atoms with van der Waals surface area (Å²) < 4.78 is 0. The van der Waals surface area contributed by atoms with Crippen LogP contribution >= 0.6 is 11.8 Å². The van der Waals surface area contributed by atoms with E-state index >= 15 is 0 Å². The number of rotatable bonds is 4. The minimum absolute atomic E-state index is 0.00958. The molecule has 2 nitrogen and oxygen atoms in total. The van der Waals surface area contributed by atoms with E-state index in [0.717, 1.165) is 4.90 Å². The zero-order valence-corrected chi connectivity index (χ0v) is 8.54. The molecular weight excluding hydrogens is 196 g/mol. The van der Waals surface area contributed by atoms with E-state index in [-0.39, 0.29) is 11.7 Å². The topological polar surface area (TPSA) is 37.3 Å². The molecule has 0 saturated heterocycles. The van der Waals surface area contributed by atoms with Crippen molar-refractivity contribution in [2.45, 2.75) is 11.3 Å². The summed E-state index contributed by atoms with van der Waals surface area (Å²) >= 11 is 1.19. The molecule has 1 aromatic rings. The lowest BCUT2D eigenvalue weighted by Crippen LogP contribution is -1.85. The smallest absolute Gasteiger partial charge is 0.216 e. The van der Waals surface area contributed by atoms with Crippen LogP contribution in [-0.4, -0.2) is 16.8 Å². The average Bonchev–Trinajstić information content (AvgIpc) is 2.20. The summed E-state index contributed by atoms with van der Waals surface area (Å²) in [5.41, 5.74) is 0. The number of aliphatic hydroxyl groups excluding tert-OH is 1. The standard InChI is InChI=1S/C11H12O2S/c12-9-5-4-8-11(13)14-10-6-2-1-3-7-10/h1-4,6-8,12H,5,9H2/b8-4+. The highest BCUT2D eigenvalue weighted by Crippen LogP contribution is 2.18. The van der Waals surface area contributed by atoms with Gasteiger partial charge in [0.05, 0.1) is 0 Å². The van der Waals surface area contributed by atoms with Gasteiger partial charge >= 0.3 is 0 Å². The van der Waals surface area contributed by atoms with E-state index in [1.165, 1.54) is 17.8 Å². The lowest BCUT2D eigenvalue weighted by atomic mass is 10.4. The molecule has 0 radical (unpaired) electrons. The molecule has 74 valence electrons. The molecule has 0 unspecified atom stereocenters. The number of aliphatic hydroxyl groups is 1. The predicted molar refractivity (Wildman–Crippen MR) is 58.1 cm³/mol. The SMILES string of the molecule is O=C(/C=C/CCO)Sc1ccccc1. The fraction of sp³-hybridized carbons (Fsp3) is 0.182. The van der Waals surface area contributed by atoms with Crippen molar-refractivity contribution in [2.24, 2.45) is 0 Å². The fourth-order valence-electron chi connectivity index (χ4n) is 0.893. The van der Waals surface area contributed by atoms with Gasteiger partial charge < -0.3 is 5.11 Å². The zero-order valence-electron chi connectivity index (χ0n) is 7.72. The molecule has 0 fully saturated rings. The number of carbonyl (C=O) groups is 1. The van der Waals surface area contributed by atoms with E-state index in [2.05, 4.69) is 0 Å². The summed E-state index contributed by atoms with van der Waals surface area (Å²) in [5.74, 6) is 0. The van der Waals surface area contributed by atoms with Gasteiger partial charge in [-0.2, -0.15) is 0 Å². The van der Waals surface area contributed by atoms with Gasteiger partial charge in [-0.05, 0) is 36.4 Å². The molecule has 3 heteroatoms. The van der Waals surface area contributed by atoms with Crippen molar-refractivity contribution in [2.75, 3.05) is 6.61 Å². The van der Waals surface area contributed by atoms with Gasteiger partial charge in [0.2, 0.25) is 5.12 Å². The third kappa shape index (κ3) is 4.25. The van der Waals surface area contributed by atoms with Gasteiger partial charge in [0.15, 0.2) is 0 Å². The molecule has 1 aromatic carbocycles. The Kier molecular flexibility index (Phi) is 5.04. The molecule has 1 rings (SSSR count). The molecular formula is C11H12O2S. The first-order valence-electron chi connectivity index (χ1n) is 4.37. The summed E-state index contributed by atoms with van der Waals surface area (Å²) in [6, 6.07) is 9.49. The molecule has 0 amide bonds. The van der Waals surface area contributed by atoms with Crippen LogP contribution in [0.2, 0.25) is 0 Å². The first-order valence-corrected chi connectivity index (χ1v) is 5.19. The number of thioether (sulfide) groups is 1. The Labute approximate surface area is 87.6 Å². The van der Waals surface area contributed by atoms with Gasteiger partial charge in [-0.25, -0.2) is 0 Å². The molecule has 0 aliphatic rings. The quantitative estimate of drug-likeness (QED) is 0.609. The second kappa shape index (κ2) is 6.40. The summed E-state index contributed by atoms with van der Waals surface area (Å²) in [6.07, 6.45) is 3.70. The van der Waals surface area contributed by atoms with Crippen LogP contribution in [0.25, 0.3) is 0 Å². The second-order valence-corrected chi connectivity index (χ2v) is 3.73. The van der Waals surface area contributed by atoms with E-state index < -0.39 is 0 Å². The Morgan fingerprint density at radius 3 is 2.71 bits per heavy atom. The Morgan fingerprint density at radius 1 is 1.36 bits per heavy atom. The summed E-state index contributed by atoms with van der Waals surface area (Å²) in [6.45, 7) is 0.0831. The van der Waals surface area contributed by atoms with E-state index in [9.17, 15) is 4.79 Å². The summed E-state index contributed by atoms with van der Waals surface area (Å²) in [5, 5.41) is 8.49. The van der Waals surface area contributed by atoms with Gasteiger partial charge in [0, 0.05) is 11.5 Å². The molecule has 0 heterocycles. The molecule has 0 aliphatic heterocycles. The second-order valence-electron chi connectivity index (χ2n) is 2.65. The maximum absolute atomic E-state index is 11.3. The summed E-state index contributed by atoms with van der Waals surface area (Å²) in [7, 11) is 0. The number of hydrogen-bond donors (Lipinski definition) is 1. The van der Waals surface area contributed by atoms with Crippen molar-refractivity contribution in [1.29, 1.82) is 0 Å². The molecule has 0 aromatic heterocycles. The third-order valence-corrected chi connectivity index (χ3v) is 2.36. The first kappa shape index (κ1) is 11.0. The van der Waals surface area contributed by atoms with Crippen molar-refractivity contribution in [3.8, 4) is 0 Å². The third-order valence-electron chi connectivity index (χ3n) is 1.51. The molecule has 0 saturated carbocycles. The van der Waals surface area contributed by atoms with E-state index in [1.807, 2.05) is 30.3 Å². The maximum atomic E-state index is 11.3. The molecule has 14 heavy (non-hydrogen) atoms. The Hall–Kier alpha value is -1.06. The van der Waals surface area contributed by atoms with Crippen LogP contribution in [0.4, 0.5) is 0 Å². The van der Waals surface area contributed by atoms with Crippen molar-refractivity contribution in [3.63, 3.8) is 0 Å². The van der Waals surface area contributed by atoms with E-state index in [1.54, 1.807) is 6.08 Å². The van der Waals surface area contributed by atoms with Gasteiger partial charge in [-0.1, -0.05) is 24.3 Å². The Bertz CT molecular complexity index is 306. The van der Waals surface area contributed by atoms with E-state index in [0.29, 0.717) is 6.42 Å². The highest BCUT2D eigenvalue weighted by Gasteiger charge is 1.98. The minimum atomic E-state index is -0.00958. The van der Waals surface area contributed by atoms with Gasteiger partial charge in [-0.15, -0.1) is 0 Å². The monoisotopic (exact) mass is 208 g/mol. The van der Waals surface area contributed by atoms with Crippen LogP contribution in [0, 0.1) is 0 Å². The maximum Gasteiger partial charge on any atom is 0.216 e. The van der Waals surface area contributed by atoms with Crippen LogP contribution in [-0.2, 0) is 4.79 Å². The van der Waals surface area contributed by atoms with Crippen LogP contribution < -0.4 is 0 Å². The predicted octanol–water partition coefficient (Wildman–Crippen LogP) is 2.24. The Morgan fingerprint density at radius 2 is 2.07 bits per heavy atom. The van der Waals surface area contributed by atoms with Crippen molar-refractivity contribution in [1.82, 2.24) is 0 Å². The minimum Gasteiger partial charge on any atom is -0.396 e. The number of carbonyl (C=O) groups excluding carboxylic acids is 1. The molecule has 0 spiro atoms. The van der Waals surface area contributed by atoms with Crippen molar-refractivity contribution < 1.29 is 9.90 Å². The highest BCUT2D eigenvalue weighted by atomic mass is 32.2. The molecule has 0 bridgehead atoms. The fourth-order valence-corrected chi connectivity index (χ4v) is 1.58. The Balaban J connectivity index is 2.42. The lowest BCUT2D eigenvalue weighted by molar-refractivity contribution is -0.107. The molecule has 1 N–H and O–H groups in total. The van der Waals surface area contributed by atoms with Gasteiger partial charge in [0.1, 0.15) is 0 Å². The largest absolute Gasteiger partial charge is 0.396 e. The highest BCUT2D eigenvalue weighted by molar-refractivity contribution is 8.14. The average molecular weight is 208 g/mol. The van der Waals surface area contributed by atoms with Gasteiger partial charge in [0.25, 0.3) is 0 Å². The zero-order chi connectivity index (χ0) is 10.2. The van der Waals surface area contributed by atoms with Crippen LogP contribution in [0.3, 0.4) is 0 Å². The molecule has 0 aliphatic carbocycles. The van der Waals surface area contributed by atoms with Crippen molar-refractivity contribution >= 4 is 16.9 Å². The molecule has 0 atom stereocenters. The lowest BCUT2D eigenvalue weighted by Gasteiger charge is -1.94. The number of hydrogen-bond acceptors (Lipinski definition) is 3.